The fraction of sp³-hybridized carbons (Fsp3) is 0.636. The van der Waals surface area contributed by atoms with Gasteiger partial charge in [-0.3, -0.25) is 4.90 Å². The molecule has 2 saturated heterocycles. The van der Waals surface area contributed by atoms with E-state index in [2.05, 4.69) is 14.8 Å². The fourth-order valence-electron chi connectivity index (χ4n) is 2.67. The van der Waals surface area contributed by atoms with Gasteiger partial charge in [0.15, 0.2) is 5.13 Å². The van der Waals surface area contributed by atoms with Crippen LogP contribution in [0.4, 0.5) is 5.13 Å². The van der Waals surface area contributed by atoms with E-state index in [0.29, 0.717) is 10.9 Å². The zero-order chi connectivity index (χ0) is 11.8. The van der Waals surface area contributed by atoms with Crippen molar-refractivity contribution in [2.24, 2.45) is 0 Å². The van der Waals surface area contributed by atoms with Crippen molar-refractivity contribution >= 4 is 22.4 Å². The Labute approximate surface area is 104 Å². The van der Waals surface area contributed by atoms with Crippen LogP contribution in [0.5, 0.6) is 0 Å². The van der Waals surface area contributed by atoms with Gasteiger partial charge in [-0.1, -0.05) is 11.3 Å². The van der Waals surface area contributed by atoms with Gasteiger partial charge in [-0.25, -0.2) is 9.78 Å². The van der Waals surface area contributed by atoms with Gasteiger partial charge in [0.25, 0.3) is 0 Å². The van der Waals surface area contributed by atoms with E-state index in [1.807, 2.05) is 0 Å². The average molecular weight is 253 g/mol. The van der Waals surface area contributed by atoms with Crippen molar-refractivity contribution in [2.45, 2.75) is 18.9 Å². The summed E-state index contributed by atoms with van der Waals surface area (Å²) in [6.07, 6.45) is 4.01. The Kier molecular flexibility index (Phi) is 2.76. The first kappa shape index (κ1) is 11.0. The summed E-state index contributed by atoms with van der Waals surface area (Å²) >= 11 is 1.28. The molecule has 0 bridgehead atoms. The number of thiazole rings is 1. The highest BCUT2D eigenvalue weighted by Gasteiger charge is 2.31. The molecule has 3 rings (SSSR count). The number of fused-ring (bicyclic) bond motifs is 1. The number of anilines is 1. The molecule has 2 aliphatic heterocycles. The third-order valence-corrected chi connectivity index (χ3v) is 4.61. The number of aromatic nitrogens is 1. The molecule has 5 nitrogen and oxygen atoms in total. The number of hydrogen-bond donors (Lipinski definition) is 1. The molecule has 0 spiro atoms. The van der Waals surface area contributed by atoms with Crippen LogP contribution in [-0.2, 0) is 0 Å². The highest BCUT2D eigenvalue weighted by Crippen LogP contribution is 2.28. The van der Waals surface area contributed by atoms with Crippen molar-refractivity contribution in [3.8, 4) is 0 Å². The van der Waals surface area contributed by atoms with Gasteiger partial charge in [-0.15, -0.1) is 0 Å². The van der Waals surface area contributed by atoms with Gasteiger partial charge in [0.1, 0.15) is 4.88 Å². The minimum atomic E-state index is -0.881. The lowest BCUT2D eigenvalue weighted by molar-refractivity contribution is 0.0702. The Bertz CT molecular complexity index is 434. The second-order valence-corrected chi connectivity index (χ2v) is 5.60. The fourth-order valence-corrected chi connectivity index (χ4v) is 3.46. The van der Waals surface area contributed by atoms with Gasteiger partial charge < -0.3 is 10.0 Å². The largest absolute Gasteiger partial charge is 0.477 e. The molecule has 3 heterocycles. The maximum Gasteiger partial charge on any atom is 0.347 e. The predicted octanol–water partition coefficient (Wildman–Crippen LogP) is 1.13. The van der Waals surface area contributed by atoms with Crippen molar-refractivity contribution in [1.82, 2.24) is 9.88 Å². The Morgan fingerprint density at radius 1 is 1.47 bits per heavy atom. The quantitative estimate of drug-likeness (QED) is 0.856. The first-order chi connectivity index (χ1) is 8.24. The third kappa shape index (κ3) is 2.02. The van der Waals surface area contributed by atoms with Crippen LogP contribution >= 0.6 is 11.3 Å². The smallest absolute Gasteiger partial charge is 0.347 e. The van der Waals surface area contributed by atoms with E-state index in [0.717, 1.165) is 24.8 Å². The number of carbonyl (C=O) groups is 1. The number of carboxylic acids is 1. The lowest BCUT2D eigenvalue weighted by Gasteiger charge is -2.37. The molecule has 0 saturated carbocycles. The van der Waals surface area contributed by atoms with Gasteiger partial charge in [0, 0.05) is 25.7 Å². The van der Waals surface area contributed by atoms with E-state index in [1.54, 1.807) is 0 Å². The van der Waals surface area contributed by atoms with Gasteiger partial charge >= 0.3 is 5.97 Å². The second kappa shape index (κ2) is 4.27. The lowest BCUT2D eigenvalue weighted by Crippen LogP contribution is -2.50. The summed E-state index contributed by atoms with van der Waals surface area (Å²) in [6.45, 7) is 4.25. The zero-order valence-electron chi connectivity index (χ0n) is 9.50. The molecule has 0 aliphatic carbocycles. The number of nitrogens with zero attached hydrogens (tertiary/aromatic N) is 3. The first-order valence-corrected chi connectivity index (χ1v) is 6.74. The minimum absolute atomic E-state index is 0.328. The molecule has 92 valence electrons. The monoisotopic (exact) mass is 253 g/mol. The molecule has 1 aromatic heterocycles. The third-order valence-electron chi connectivity index (χ3n) is 3.56. The first-order valence-electron chi connectivity index (χ1n) is 5.92. The Hall–Kier alpha value is -1.14. The number of hydrogen-bond acceptors (Lipinski definition) is 5. The van der Waals surface area contributed by atoms with Crippen LogP contribution in [0, 0.1) is 0 Å². The number of piperazine rings is 1. The van der Waals surface area contributed by atoms with Crippen molar-refractivity contribution < 1.29 is 9.90 Å². The summed E-state index contributed by atoms with van der Waals surface area (Å²) < 4.78 is 0. The van der Waals surface area contributed by atoms with Crippen LogP contribution in [0.1, 0.15) is 22.5 Å². The number of aromatic carboxylic acids is 1. The zero-order valence-corrected chi connectivity index (χ0v) is 10.3. The van der Waals surface area contributed by atoms with E-state index < -0.39 is 5.97 Å². The molecular weight excluding hydrogens is 238 g/mol. The molecule has 6 heteroatoms. The standard InChI is InChI=1S/C11H15N3O2S/c15-10(16)9-6-12-11(17-9)14-5-4-13-3-1-2-8(13)7-14/h6,8H,1-5,7H2,(H,15,16). The molecule has 1 unspecified atom stereocenters. The summed E-state index contributed by atoms with van der Waals surface area (Å²) in [5, 5.41) is 9.75. The Morgan fingerprint density at radius 2 is 2.35 bits per heavy atom. The topological polar surface area (TPSA) is 56.7 Å². The summed E-state index contributed by atoms with van der Waals surface area (Å²) in [5.74, 6) is -0.881. The van der Waals surface area contributed by atoms with Crippen molar-refractivity contribution in [3.05, 3.63) is 11.1 Å². The molecular formula is C11H15N3O2S. The SMILES string of the molecule is O=C(O)c1cnc(N2CCN3CCCC3C2)s1. The van der Waals surface area contributed by atoms with Gasteiger partial charge in [0.05, 0.1) is 6.20 Å². The van der Waals surface area contributed by atoms with Crippen LogP contribution in [0.25, 0.3) is 0 Å². The number of rotatable bonds is 2. The van der Waals surface area contributed by atoms with Crippen LogP contribution < -0.4 is 4.90 Å². The molecule has 0 radical (unpaired) electrons. The van der Waals surface area contributed by atoms with Crippen molar-refractivity contribution in [1.29, 1.82) is 0 Å². The van der Waals surface area contributed by atoms with Crippen LogP contribution in [0.2, 0.25) is 0 Å². The van der Waals surface area contributed by atoms with E-state index in [1.165, 1.54) is 36.9 Å². The maximum atomic E-state index is 10.8. The van der Waals surface area contributed by atoms with E-state index in [-0.39, 0.29) is 0 Å². The lowest BCUT2D eigenvalue weighted by atomic mass is 10.2. The maximum absolute atomic E-state index is 10.8. The van der Waals surface area contributed by atoms with E-state index >= 15 is 0 Å². The minimum Gasteiger partial charge on any atom is -0.477 e. The normalized spacial score (nSPS) is 24.9. The molecule has 1 N–H and O–H groups in total. The molecule has 0 amide bonds. The van der Waals surface area contributed by atoms with Crippen molar-refractivity contribution in [3.63, 3.8) is 0 Å². The Morgan fingerprint density at radius 3 is 3.12 bits per heavy atom. The molecule has 0 aromatic carbocycles. The van der Waals surface area contributed by atoms with Crippen molar-refractivity contribution in [2.75, 3.05) is 31.1 Å². The van der Waals surface area contributed by atoms with Crippen LogP contribution in [-0.4, -0.2) is 53.2 Å². The molecule has 2 aliphatic rings. The van der Waals surface area contributed by atoms with Crippen LogP contribution in [0.3, 0.4) is 0 Å². The van der Waals surface area contributed by atoms with Gasteiger partial charge in [-0.2, -0.15) is 0 Å². The van der Waals surface area contributed by atoms with E-state index in [4.69, 9.17) is 5.11 Å². The highest BCUT2D eigenvalue weighted by atomic mass is 32.1. The summed E-state index contributed by atoms with van der Waals surface area (Å²) in [5.41, 5.74) is 0. The molecule has 1 atom stereocenters. The van der Waals surface area contributed by atoms with Gasteiger partial charge in [-0.05, 0) is 19.4 Å². The Balaban J connectivity index is 1.73. The molecule has 1 aromatic rings. The van der Waals surface area contributed by atoms with Gasteiger partial charge in [0.2, 0.25) is 0 Å². The summed E-state index contributed by atoms with van der Waals surface area (Å²) in [4.78, 5) is 20.1. The van der Waals surface area contributed by atoms with Crippen LogP contribution in [0.15, 0.2) is 6.20 Å². The number of carboxylic acid groups (broad SMARTS) is 1. The summed E-state index contributed by atoms with van der Waals surface area (Å²) in [7, 11) is 0. The summed E-state index contributed by atoms with van der Waals surface area (Å²) in [6, 6.07) is 0.640. The molecule has 17 heavy (non-hydrogen) atoms. The molecule has 2 fully saturated rings. The second-order valence-electron chi connectivity index (χ2n) is 4.59. The predicted molar refractivity (Wildman–Crippen MR) is 65.9 cm³/mol. The highest BCUT2D eigenvalue weighted by molar-refractivity contribution is 7.17. The van der Waals surface area contributed by atoms with E-state index in [9.17, 15) is 4.79 Å². The average Bonchev–Trinajstić information content (AvgIpc) is 2.97.